The Balaban J connectivity index is 2.24. The second-order valence-electron chi connectivity index (χ2n) is 4.66. The number of hydrogen-bond donors (Lipinski definition) is 1. The van der Waals surface area contributed by atoms with E-state index in [2.05, 4.69) is 29.8 Å². The number of nitrogens with zero attached hydrogens (tertiary/aromatic N) is 2. The first-order chi connectivity index (χ1) is 8.22. The molecule has 1 aromatic heterocycles. The van der Waals surface area contributed by atoms with Crippen molar-refractivity contribution in [1.29, 1.82) is 0 Å². The van der Waals surface area contributed by atoms with Gasteiger partial charge in [-0.15, -0.1) is 0 Å². The second kappa shape index (κ2) is 8.20. The number of unbranched alkanes of at least 4 members (excludes halogenated alkanes) is 1. The molecule has 0 saturated carbocycles. The van der Waals surface area contributed by atoms with Crippen LogP contribution in [0.3, 0.4) is 0 Å². The van der Waals surface area contributed by atoms with Gasteiger partial charge >= 0.3 is 0 Å². The summed E-state index contributed by atoms with van der Waals surface area (Å²) in [4.78, 5) is 6.80. The van der Waals surface area contributed by atoms with E-state index >= 15 is 0 Å². The van der Waals surface area contributed by atoms with Gasteiger partial charge in [0, 0.05) is 18.8 Å². The van der Waals surface area contributed by atoms with Crippen molar-refractivity contribution in [3.63, 3.8) is 0 Å². The zero-order valence-corrected chi connectivity index (χ0v) is 11.1. The number of aromatic nitrogens is 1. The number of rotatable bonds is 8. The lowest BCUT2D eigenvalue weighted by Crippen LogP contribution is -2.25. The normalized spacial score (nSPS) is 12.9. The topological polar surface area (TPSA) is 42.1 Å². The molecule has 0 aromatic carbocycles. The van der Waals surface area contributed by atoms with Gasteiger partial charge in [0.25, 0.3) is 0 Å². The maximum Gasteiger partial charge on any atom is 0.0543 e. The summed E-state index contributed by atoms with van der Waals surface area (Å²) in [5, 5.41) is 0. The van der Waals surface area contributed by atoms with Gasteiger partial charge in [0.15, 0.2) is 0 Å². The van der Waals surface area contributed by atoms with Crippen LogP contribution in [-0.2, 0) is 6.54 Å². The predicted octanol–water partition coefficient (Wildman–Crippen LogP) is 2.42. The molecule has 0 spiro atoms. The smallest absolute Gasteiger partial charge is 0.0543 e. The van der Waals surface area contributed by atoms with Gasteiger partial charge in [-0.25, -0.2) is 0 Å². The third-order valence-electron chi connectivity index (χ3n) is 2.94. The van der Waals surface area contributed by atoms with E-state index in [1.165, 1.54) is 12.8 Å². The Kier molecular flexibility index (Phi) is 6.82. The summed E-state index contributed by atoms with van der Waals surface area (Å²) in [7, 11) is 0. The van der Waals surface area contributed by atoms with E-state index in [1.54, 1.807) is 0 Å². The molecule has 3 nitrogen and oxygen atoms in total. The fraction of sp³-hybridized carbons (Fsp3) is 0.643. The summed E-state index contributed by atoms with van der Waals surface area (Å²) >= 11 is 0. The molecule has 3 heteroatoms. The van der Waals surface area contributed by atoms with Crippen LogP contribution in [0.15, 0.2) is 24.4 Å². The minimum absolute atomic E-state index is 0.334. The lowest BCUT2D eigenvalue weighted by atomic mass is 10.1. The van der Waals surface area contributed by atoms with Gasteiger partial charge in [0.05, 0.1) is 5.69 Å². The van der Waals surface area contributed by atoms with Gasteiger partial charge in [-0.1, -0.05) is 19.4 Å². The molecule has 0 saturated heterocycles. The van der Waals surface area contributed by atoms with E-state index in [0.29, 0.717) is 6.04 Å². The summed E-state index contributed by atoms with van der Waals surface area (Å²) < 4.78 is 0. The van der Waals surface area contributed by atoms with E-state index in [-0.39, 0.29) is 0 Å². The molecule has 1 atom stereocenters. The van der Waals surface area contributed by atoms with Crippen LogP contribution in [0, 0.1) is 0 Å². The summed E-state index contributed by atoms with van der Waals surface area (Å²) in [5.41, 5.74) is 6.90. The van der Waals surface area contributed by atoms with E-state index in [1.807, 2.05) is 18.3 Å². The third-order valence-corrected chi connectivity index (χ3v) is 2.94. The molecule has 0 aliphatic carbocycles. The van der Waals surface area contributed by atoms with Crippen LogP contribution in [0.5, 0.6) is 0 Å². The minimum atomic E-state index is 0.334. The second-order valence-corrected chi connectivity index (χ2v) is 4.66. The maximum absolute atomic E-state index is 5.74. The van der Waals surface area contributed by atoms with Crippen LogP contribution in [0.25, 0.3) is 0 Å². The number of nitrogens with two attached hydrogens (primary N) is 1. The average molecular weight is 235 g/mol. The molecule has 0 fully saturated rings. The molecular weight excluding hydrogens is 210 g/mol. The molecule has 2 N–H and O–H groups in total. The highest BCUT2D eigenvalue weighted by Crippen LogP contribution is 2.05. The van der Waals surface area contributed by atoms with Crippen molar-refractivity contribution in [3.05, 3.63) is 30.1 Å². The summed E-state index contributed by atoms with van der Waals surface area (Å²) in [6.07, 6.45) is 5.43. The Bertz CT molecular complexity index is 285. The summed E-state index contributed by atoms with van der Waals surface area (Å²) in [6, 6.07) is 6.43. The van der Waals surface area contributed by atoms with Gasteiger partial charge in [0.1, 0.15) is 0 Å². The Morgan fingerprint density at radius 1 is 1.35 bits per heavy atom. The monoisotopic (exact) mass is 235 g/mol. The summed E-state index contributed by atoms with van der Waals surface area (Å²) in [6.45, 7) is 7.45. The zero-order chi connectivity index (χ0) is 12.5. The lowest BCUT2D eigenvalue weighted by Gasteiger charge is -2.20. The molecule has 1 aromatic rings. The molecule has 1 rings (SSSR count). The van der Waals surface area contributed by atoms with E-state index < -0.39 is 0 Å². The molecule has 17 heavy (non-hydrogen) atoms. The molecule has 1 heterocycles. The molecule has 0 aliphatic heterocycles. The van der Waals surface area contributed by atoms with Crippen molar-refractivity contribution in [2.75, 3.05) is 13.1 Å². The van der Waals surface area contributed by atoms with Crippen LogP contribution in [0.1, 0.15) is 38.8 Å². The first kappa shape index (κ1) is 14.1. The highest BCUT2D eigenvalue weighted by atomic mass is 15.1. The highest BCUT2D eigenvalue weighted by molar-refractivity contribution is 5.03. The Morgan fingerprint density at radius 2 is 2.18 bits per heavy atom. The zero-order valence-electron chi connectivity index (χ0n) is 11.1. The van der Waals surface area contributed by atoms with Crippen LogP contribution in [-0.4, -0.2) is 29.0 Å². The van der Waals surface area contributed by atoms with Crippen LogP contribution in [0.4, 0.5) is 0 Å². The van der Waals surface area contributed by atoms with Crippen LogP contribution >= 0.6 is 0 Å². The maximum atomic E-state index is 5.74. The lowest BCUT2D eigenvalue weighted by molar-refractivity contribution is 0.269. The molecule has 96 valence electrons. The van der Waals surface area contributed by atoms with Crippen molar-refractivity contribution >= 4 is 0 Å². The fourth-order valence-corrected chi connectivity index (χ4v) is 1.87. The van der Waals surface area contributed by atoms with Gasteiger partial charge in [0.2, 0.25) is 0 Å². The van der Waals surface area contributed by atoms with Gasteiger partial charge in [-0.3, -0.25) is 9.88 Å². The van der Waals surface area contributed by atoms with Crippen molar-refractivity contribution in [2.45, 2.75) is 45.7 Å². The van der Waals surface area contributed by atoms with Gasteiger partial charge < -0.3 is 5.73 Å². The van der Waals surface area contributed by atoms with Crippen molar-refractivity contribution in [1.82, 2.24) is 9.88 Å². The number of pyridine rings is 1. The Labute approximate surface area is 105 Å². The van der Waals surface area contributed by atoms with Crippen LogP contribution in [0.2, 0.25) is 0 Å². The standard InChI is InChI=1S/C14H25N3/c1-3-17(11-7-5-8-13(2)15)12-14-9-4-6-10-16-14/h4,6,9-10,13H,3,5,7-8,11-12,15H2,1-2H3. The first-order valence-electron chi connectivity index (χ1n) is 6.60. The van der Waals surface area contributed by atoms with Crippen molar-refractivity contribution in [3.8, 4) is 0 Å². The first-order valence-corrected chi connectivity index (χ1v) is 6.60. The quantitative estimate of drug-likeness (QED) is 0.704. The van der Waals surface area contributed by atoms with Gasteiger partial charge in [-0.05, 0) is 45.0 Å². The predicted molar refractivity (Wildman–Crippen MR) is 72.7 cm³/mol. The average Bonchev–Trinajstić information content (AvgIpc) is 2.34. The molecule has 0 radical (unpaired) electrons. The molecule has 0 bridgehead atoms. The Hall–Kier alpha value is -0.930. The van der Waals surface area contributed by atoms with Crippen molar-refractivity contribution in [2.24, 2.45) is 5.73 Å². The SMILES string of the molecule is CCN(CCCCC(C)N)Cc1ccccn1. The highest BCUT2D eigenvalue weighted by Gasteiger charge is 2.04. The largest absolute Gasteiger partial charge is 0.328 e. The summed E-state index contributed by atoms with van der Waals surface area (Å²) in [5.74, 6) is 0. The van der Waals surface area contributed by atoms with E-state index in [4.69, 9.17) is 5.73 Å². The van der Waals surface area contributed by atoms with E-state index in [0.717, 1.165) is 31.7 Å². The Morgan fingerprint density at radius 3 is 2.76 bits per heavy atom. The molecule has 1 unspecified atom stereocenters. The van der Waals surface area contributed by atoms with Gasteiger partial charge in [-0.2, -0.15) is 0 Å². The third kappa shape index (κ3) is 6.39. The molecular formula is C14H25N3. The number of hydrogen-bond acceptors (Lipinski definition) is 3. The minimum Gasteiger partial charge on any atom is -0.328 e. The van der Waals surface area contributed by atoms with Crippen LogP contribution < -0.4 is 5.73 Å². The fourth-order valence-electron chi connectivity index (χ4n) is 1.87. The van der Waals surface area contributed by atoms with E-state index in [9.17, 15) is 0 Å². The molecule has 0 aliphatic rings. The molecule has 0 amide bonds. The van der Waals surface area contributed by atoms with Crippen molar-refractivity contribution < 1.29 is 0 Å².